The lowest BCUT2D eigenvalue weighted by molar-refractivity contribution is 0.0696. The minimum absolute atomic E-state index is 0.183. The van der Waals surface area contributed by atoms with Gasteiger partial charge in [-0.2, -0.15) is 0 Å². The van der Waals surface area contributed by atoms with Gasteiger partial charge >= 0.3 is 5.97 Å². The minimum atomic E-state index is -0.937. The molecule has 0 amide bonds. The zero-order chi connectivity index (χ0) is 9.42. The molecule has 70 valence electrons. The maximum atomic E-state index is 10.6. The lowest BCUT2D eigenvalue weighted by Gasteiger charge is -1.91. The number of carboxylic acids is 1. The third-order valence-electron chi connectivity index (χ3n) is 2.01. The molecule has 1 fully saturated rings. The van der Waals surface area contributed by atoms with Gasteiger partial charge < -0.3 is 5.11 Å². The predicted octanol–water partition coefficient (Wildman–Crippen LogP) is 2.56. The number of hydrogen-bond donors (Lipinski definition) is 1. The van der Waals surface area contributed by atoms with E-state index in [0.717, 1.165) is 21.8 Å². The van der Waals surface area contributed by atoms with Gasteiger partial charge in [0, 0.05) is 0 Å². The molecule has 0 bridgehead atoms. The fraction of sp³-hybridized carbons (Fsp3) is 0.500. The third-order valence-corrected chi connectivity index (χ3v) is 3.83. The summed E-state index contributed by atoms with van der Waals surface area (Å²) in [6.07, 6.45) is 3.43. The summed E-state index contributed by atoms with van der Waals surface area (Å²) in [6.45, 7) is 0. The zero-order valence-corrected chi connectivity index (χ0v) is 9.19. The summed E-state index contributed by atoms with van der Waals surface area (Å²) < 4.78 is 0.872. The van der Waals surface area contributed by atoms with Gasteiger partial charge in [0.05, 0.1) is 9.48 Å². The normalized spacial score (nSPS) is 16.1. The lowest BCUT2D eigenvalue weighted by Crippen LogP contribution is -1.96. The summed E-state index contributed by atoms with van der Waals surface area (Å²) in [5.41, 5.74) is 0.907. The van der Waals surface area contributed by atoms with Gasteiger partial charge in [0.1, 0.15) is 0 Å². The maximum absolute atomic E-state index is 10.6. The summed E-state index contributed by atoms with van der Waals surface area (Å²) in [6, 6.07) is 0. The largest absolute Gasteiger partial charge is 0.476 e. The number of thiazole rings is 1. The number of carbonyl (C=O) groups is 1. The van der Waals surface area contributed by atoms with Crippen molar-refractivity contribution in [3.63, 3.8) is 0 Å². The smallest absolute Gasteiger partial charge is 0.365 e. The van der Waals surface area contributed by atoms with Crippen molar-refractivity contribution < 1.29 is 9.90 Å². The number of hydrogen-bond acceptors (Lipinski definition) is 3. The van der Waals surface area contributed by atoms with E-state index < -0.39 is 5.97 Å². The summed E-state index contributed by atoms with van der Waals surface area (Å²) in [7, 11) is 0. The molecule has 1 aliphatic carbocycles. The van der Waals surface area contributed by atoms with Gasteiger partial charge in [-0.1, -0.05) is 11.3 Å². The molecule has 0 saturated heterocycles. The average Bonchev–Trinajstić information content (AvgIpc) is 2.78. The van der Waals surface area contributed by atoms with Crippen molar-refractivity contribution >= 4 is 33.2 Å². The monoisotopic (exact) mass is 261 g/mol. The third kappa shape index (κ3) is 2.08. The second kappa shape index (κ2) is 3.38. The molecule has 0 aromatic carbocycles. The molecule has 0 atom stereocenters. The van der Waals surface area contributed by atoms with Crippen LogP contribution in [0.15, 0.2) is 3.79 Å². The molecule has 2 rings (SSSR count). The Kier molecular flexibility index (Phi) is 2.38. The summed E-state index contributed by atoms with van der Waals surface area (Å²) in [5.74, 6) is -0.201. The second-order valence-corrected chi connectivity index (χ2v) is 5.51. The highest BCUT2D eigenvalue weighted by molar-refractivity contribution is 9.11. The van der Waals surface area contributed by atoms with Crippen LogP contribution in [-0.2, 0) is 6.42 Å². The molecule has 0 spiro atoms. The van der Waals surface area contributed by atoms with Gasteiger partial charge in [0.2, 0.25) is 5.01 Å². The van der Waals surface area contributed by atoms with Crippen LogP contribution in [0.2, 0.25) is 0 Å². The summed E-state index contributed by atoms with van der Waals surface area (Å²) >= 11 is 4.53. The van der Waals surface area contributed by atoms with Crippen LogP contribution in [0.25, 0.3) is 0 Å². The van der Waals surface area contributed by atoms with Crippen LogP contribution in [0.1, 0.15) is 28.3 Å². The van der Waals surface area contributed by atoms with Crippen molar-refractivity contribution in [3.05, 3.63) is 14.5 Å². The van der Waals surface area contributed by atoms with Crippen LogP contribution in [-0.4, -0.2) is 16.1 Å². The van der Waals surface area contributed by atoms with E-state index in [0.29, 0.717) is 0 Å². The Morgan fingerprint density at radius 2 is 2.38 bits per heavy atom. The average molecular weight is 262 g/mol. The van der Waals surface area contributed by atoms with Crippen molar-refractivity contribution in [2.75, 3.05) is 0 Å². The maximum Gasteiger partial charge on any atom is 0.365 e. The lowest BCUT2D eigenvalue weighted by atomic mass is 10.2. The fourth-order valence-electron chi connectivity index (χ4n) is 1.15. The van der Waals surface area contributed by atoms with E-state index >= 15 is 0 Å². The number of rotatable bonds is 3. The molecule has 5 heteroatoms. The zero-order valence-electron chi connectivity index (χ0n) is 6.79. The van der Waals surface area contributed by atoms with Crippen molar-refractivity contribution in [1.29, 1.82) is 0 Å². The van der Waals surface area contributed by atoms with E-state index in [9.17, 15) is 4.79 Å². The van der Waals surface area contributed by atoms with E-state index in [4.69, 9.17) is 5.11 Å². The van der Waals surface area contributed by atoms with E-state index in [2.05, 4.69) is 20.9 Å². The van der Waals surface area contributed by atoms with E-state index in [1.807, 2.05) is 0 Å². The van der Waals surface area contributed by atoms with Gasteiger partial charge in [-0.3, -0.25) is 0 Å². The van der Waals surface area contributed by atoms with Gasteiger partial charge in [-0.15, -0.1) is 0 Å². The molecule has 0 radical (unpaired) electrons. The van der Waals surface area contributed by atoms with Crippen LogP contribution < -0.4 is 0 Å². The molecule has 1 saturated carbocycles. The molecule has 1 N–H and O–H groups in total. The van der Waals surface area contributed by atoms with Crippen LogP contribution in [0.4, 0.5) is 0 Å². The van der Waals surface area contributed by atoms with Crippen molar-refractivity contribution in [2.24, 2.45) is 5.92 Å². The quantitative estimate of drug-likeness (QED) is 0.910. The van der Waals surface area contributed by atoms with Crippen molar-refractivity contribution in [1.82, 2.24) is 4.98 Å². The van der Waals surface area contributed by atoms with Crippen molar-refractivity contribution in [2.45, 2.75) is 19.3 Å². The Hall–Kier alpha value is -0.420. The highest BCUT2D eigenvalue weighted by Gasteiger charge is 2.25. The van der Waals surface area contributed by atoms with Gasteiger partial charge in [0.25, 0.3) is 0 Å². The van der Waals surface area contributed by atoms with Gasteiger partial charge in [0.15, 0.2) is 0 Å². The molecular weight excluding hydrogens is 254 g/mol. The molecule has 0 unspecified atom stereocenters. The highest BCUT2D eigenvalue weighted by Crippen LogP contribution is 2.36. The number of carboxylic acid groups (broad SMARTS) is 1. The van der Waals surface area contributed by atoms with Crippen LogP contribution >= 0.6 is 27.3 Å². The molecular formula is C8H8BrNO2S. The number of halogens is 1. The summed E-state index contributed by atoms with van der Waals surface area (Å²) in [5, 5.41) is 8.88. The molecule has 13 heavy (non-hydrogen) atoms. The Morgan fingerprint density at radius 1 is 1.69 bits per heavy atom. The van der Waals surface area contributed by atoms with Crippen LogP contribution in [0.3, 0.4) is 0 Å². The van der Waals surface area contributed by atoms with Gasteiger partial charge in [-0.25, -0.2) is 9.78 Å². The molecule has 3 nitrogen and oxygen atoms in total. The molecule has 1 aliphatic rings. The first-order valence-corrected chi connectivity index (χ1v) is 5.66. The predicted molar refractivity (Wildman–Crippen MR) is 53.2 cm³/mol. The molecule has 1 heterocycles. The first-order chi connectivity index (χ1) is 6.16. The first-order valence-electron chi connectivity index (χ1n) is 4.05. The first kappa shape index (κ1) is 9.15. The minimum Gasteiger partial charge on any atom is -0.476 e. The number of aromatic nitrogens is 1. The van der Waals surface area contributed by atoms with Gasteiger partial charge in [-0.05, 0) is 41.1 Å². The second-order valence-electron chi connectivity index (χ2n) is 3.19. The molecule has 0 aliphatic heterocycles. The molecule has 1 aromatic rings. The van der Waals surface area contributed by atoms with E-state index in [-0.39, 0.29) is 5.01 Å². The number of aromatic carboxylic acids is 1. The topological polar surface area (TPSA) is 50.2 Å². The summed E-state index contributed by atoms with van der Waals surface area (Å²) in [4.78, 5) is 14.7. The van der Waals surface area contributed by atoms with E-state index in [1.54, 1.807) is 0 Å². The highest BCUT2D eigenvalue weighted by atomic mass is 79.9. The Bertz CT molecular complexity index is 346. The molecule has 1 aromatic heterocycles. The Balaban J connectivity index is 2.18. The SMILES string of the molecule is O=C(O)c1nc(CC2CC2)c(Br)s1. The van der Waals surface area contributed by atoms with E-state index in [1.165, 1.54) is 24.2 Å². The fourth-order valence-corrected chi connectivity index (χ4v) is 2.52. The Labute approximate surface area is 87.9 Å². The number of nitrogens with zero attached hydrogens (tertiary/aromatic N) is 1. The van der Waals surface area contributed by atoms with Crippen LogP contribution in [0.5, 0.6) is 0 Å². The standard InChI is InChI=1S/C8H8BrNO2S/c9-6-5(3-4-1-2-4)10-7(13-6)8(11)12/h4H,1-3H2,(H,11,12). The van der Waals surface area contributed by atoms with Crippen molar-refractivity contribution in [3.8, 4) is 0 Å². The van der Waals surface area contributed by atoms with Crippen LogP contribution in [0, 0.1) is 5.92 Å². The Morgan fingerprint density at radius 3 is 2.85 bits per heavy atom.